The quantitative estimate of drug-likeness (QED) is 0.860. The molecule has 106 valence electrons. The molecule has 0 aromatic heterocycles. The number of nitriles is 1. The Kier molecular flexibility index (Phi) is 4.66. The normalized spacial score (nSPS) is 17.6. The second kappa shape index (κ2) is 6.27. The Morgan fingerprint density at radius 3 is 2.65 bits per heavy atom. The van der Waals surface area contributed by atoms with E-state index in [1.54, 1.807) is 34.9 Å². The third-order valence-electron chi connectivity index (χ3n) is 3.82. The summed E-state index contributed by atoms with van der Waals surface area (Å²) < 4.78 is 13.2. The number of thioether (sulfide) groups is 1. The van der Waals surface area contributed by atoms with E-state index in [9.17, 15) is 14.4 Å². The zero-order valence-electron chi connectivity index (χ0n) is 11.4. The summed E-state index contributed by atoms with van der Waals surface area (Å²) in [7, 11) is 0. The van der Waals surface area contributed by atoms with E-state index < -0.39 is 0 Å². The lowest BCUT2D eigenvalue weighted by molar-refractivity contribution is -0.131. The van der Waals surface area contributed by atoms with Gasteiger partial charge in [0.2, 0.25) is 5.91 Å². The summed E-state index contributed by atoms with van der Waals surface area (Å²) in [5, 5.41) is 9.21. The van der Waals surface area contributed by atoms with Crippen LogP contribution in [0.2, 0.25) is 0 Å². The maximum atomic E-state index is 13.5. The molecule has 2 rings (SSSR count). The molecule has 20 heavy (non-hydrogen) atoms. The third-order valence-corrected chi connectivity index (χ3v) is 5.10. The zero-order valence-corrected chi connectivity index (χ0v) is 12.3. The Morgan fingerprint density at radius 1 is 1.45 bits per heavy atom. The number of hydrogen-bond acceptors (Lipinski definition) is 3. The summed E-state index contributed by atoms with van der Waals surface area (Å²) in [5.41, 5.74) is 0.430. The number of nitrogens with zero attached hydrogens (tertiary/aromatic N) is 2. The van der Waals surface area contributed by atoms with Crippen molar-refractivity contribution in [3.63, 3.8) is 0 Å². The number of carbonyl (C=O) groups excluding carboxylic acids is 1. The van der Waals surface area contributed by atoms with Crippen LogP contribution in [0.15, 0.2) is 24.3 Å². The minimum atomic E-state index is -0.366. The Bertz CT molecular complexity index is 533. The molecule has 1 aromatic rings. The van der Waals surface area contributed by atoms with Crippen LogP contribution in [0, 0.1) is 17.1 Å². The van der Waals surface area contributed by atoms with E-state index in [1.165, 1.54) is 6.07 Å². The first-order valence-corrected chi connectivity index (χ1v) is 7.80. The molecule has 0 radical (unpaired) electrons. The van der Waals surface area contributed by atoms with Gasteiger partial charge in [0.15, 0.2) is 0 Å². The van der Waals surface area contributed by atoms with Crippen LogP contribution in [0.25, 0.3) is 0 Å². The highest BCUT2D eigenvalue weighted by Crippen LogP contribution is 2.33. The van der Waals surface area contributed by atoms with Crippen molar-refractivity contribution in [1.82, 2.24) is 4.90 Å². The van der Waals surface area contributed by atoms with Crippen LogP contribution in [0.3, 0.4) is 0 Å². The predicted octanol–water partition coefficient (Wildman–Crippen LogP) is 2.62. The largest absolute Gasteiger partial charge is 0.342 e. The fraction of sp³-hybridized carbons (Fsp3) is 0.467. The number of amides is 1. The molecule has 0 aliphatic carbocycles. The van der Waals surface area contributed by atoms with Crippen molar-refractivity contribution in [1.29, 1.82) is 5.26 Å². The van der Waals surface area contributed by atoms with Crippen LogP contribution in [0.1, 0.15) is 18.4 Å². The average molecular weight is 292 g/mol. The highest BCUT2D eigenvalue weighted by Gasteiger charge is 2.35. The molecule has 3 nitrogen and oxygen atoms in total. The average Bonchev–Trinajstić information content (AvgIpc) is 2.49. The van der Waals surface area contributed by atoms with Crippen molar-refractivity contribution in [2.75, 3.05) is 19.3 Å². The number of benzene rings is 1. The molecule has 0 unspecified atom stereocenters. The smallest absolute Gasteiger partial charge is 0.227 e. The summed E-state index contributed by atoms with van der Waals surface area (Å²) >= 11 is 1.55. The van der Waals surface area contributed by atoms with Gasteiger partial charge in [-0.25, -0.2) is 4.39 Å². The summed E-state index contributed by atoms with van der Waals surface area (Å²) in [5.74, 6) is -0.406. The van der Waals surface area contributed by atoms with Crippen molar-refractivity contribution in [2.24, 2.45) is 0 Å². The molecule has 1 aliphatic rings. The number of likely N-dealkylation sites (tertiary alicyclic amines) is 1. The van der Waals surface area contributed by atoms with Crippen LogP contribution in [0.5, 0.6) is 0 Å². The van der Waals surface area contributed by atoms with Crippen LogP contribution < -0.4 is 0 Å². The van der Waals surface area contributed by atoms with Gasteiger partial charge in [-0.15, -0.1) is 11.8 Å². The van der Waals surface area contributed by atoms with E-state index in [0.29, 0.717) is 31.5 Å². The molecule has 0 atom stereocenters. The highest BCUT2D eigenvalue weighted by atomic mass is 32.2. The van der Waals surface area contributed by atoms with Gasteiger partial charge in [0.25, 0.3) is 0 Å². The fourth-order valence-corrected chi connectivity index (χ4v) is 3.08. The third kappa shape index (κ3) is 3.13. The van der Waals surface area contributed by atoms with E-state index in [0.717, 1.165) is 0 Å². The van der Waals surface area contributed by atoms with Gasteiger partial charge in [-0.3, -0.25) is 4.79 Å². The number of halogens is 1. The van der Waals surface area contributed by atoms with E-state index in [1.807, 2.05) is 6.26 Å². The molecular weight excluding hydrogens is 275 g/mol. The molecule has 1 heterocycles. The SMILES string of the molecule is CSC1(C#N)CCN(C(=O)Cc2ccccc2F)CC1. The van der Waals surface area contributed by atoms with Gasteiger partial charge >= 0.3 is 0 Å². The van der Waals surface area contributed by atoms with Gasteiger partial charge in [-0.05, 0) is 30.7 Å². The van der Waals surface area contributed by atoms with E-state index in [4.69, 9.17) is 0 Å². The molecule has 0 saturated carbocycles. The summed E-state index contributed by atoms with van der Waals surface area (Å²) in [6.07, 6.45) is 3.37. The van der Waals surface area contributed by atoms with E-state index in [2.05, 4.69) is 6.07 Å². The maximum Gasteiger partial charge on any atom is 0.227 e. The Balaban J connectivity index is 1.96. The molecule has 0 N–H and O–H groups in total. The monoisotopic (exact) mass is 292 g/mol. The van der Waals surface area contributed by atoms with Crippen LogP contribution in [0.4, 0.5) is 4.39 Å². The lowest BCUT2D eigenvalue weighted by atomic mass is 9.96. The minimum Gasteiger partial charge on any atom is -0.342 e. The molecule has 0 spiro atoms. The second-order valence-electron chi connectivity index (χ2n) is 4.96. The predicted molar refractivity (Wildman–Crippen MR) is 77.8 cm³/mol. The number of carbonyl (C=O) groups is 1. The first-order valence-electron chi connectivity index (χ1n) is 6.58. The van der Waals surface area contributed by atoms with Crippen LogP contribution in [-0.2, 0) is 11.2 Å². The molecule has 1 amide bonds. The number of hydrogen-bond donors (Lipinski definition) is 0. The van der Waals surface area contributed by atoms with Gasteiger partial charge in [0.05, 0.1) is 12.5 Å². The van der Waals surface area contributed by atoms with Gasteiger partial charge in [0.1, 0.15) is 10.6 Å². The maximum absolute atomic E-state index is 13.5. The number of piperidine rings is 1. The summed E-state index contributed by atoms with van der Waals surface area (Å²) in [6, 6.07) is 8.70. The molecule has 5 heteroatoms. The zero-order chi connectivity index (χ0) is 14.6. The second-order valence-corrected chi connectivity index (χ2v) is 6.15. The fourth-order valence-electron chi connectivity index (χ4n) is 2.40. The topological polar surface area (TPSA) is 44.1 Å². The van der Waals surface area contributed by atoms with Gasteiger partial charge < -0.3 is 4.90 Å². The van der Waals surface area contributed by atoms with E-state index >= 15 is 0 Å². The number of rotatable bonds is 3. The molecular formula is C15H17FN2OS. The van der Waals surface area contributed by atoms with Crippen molar-refractivity contribution >= 4 is 17.7 Å². The molecule has 1 aromatic carbocycles. The minimum absolute atomic E-state index is 0.0669. The van der Waals surface area contributed by atoms with Crippen LogP contribution in [-0.4, -0.2) is 34.9 Å². The summed E-state index contributed by atoms with van der Waals surface area (Å²) in [4.78, 5) is 13.9. The van der Waals surface area contributed by atoms with Crippen molar-refractivity contribution in [3.05, 3.63) is 35.6 Å². The van der Waals surface area contributed by atoms with Gasteiger partial charge in [-0.1, -0.05) is 18.2 Å². The lowest BCUT2D eigenvalue weighted by Crippen LogP contribution is -2.45. The van der Waals surface area contributed by atoms with Crippen molar-refractivity contribution in [2.45, 2.75) is 24.0 Å². The standard InChI is InChI=1S/C15H17FN2OS/c1-20-15(11-17)6-8-18(9-7-15)14(19)10-12-4-2-3-5-13(12)16/h2-5H,6-10H2,1H3. The van der Waals surface area contributed by atoms with Gasteiger partial charge in [0, 0.05) is 13.1 Å². The lowest BCUT2D eigenvalue weighted by Gasteiger charge is -2.36. The highest BCUT2D eigenvalue weighted by molar-refractivity contribution is 8.00. The first-order chi connectivity index (χ1) is 9.60. The van der Waals surface area contributed by atoms with Crippen LogP contribution >= 0.6 is 11.8 Å². The molecule has 0 bridgehead atoms. The van der Waals surface area contributed by atoms with E-state index in [-0.39, 0.29) is 22.9 Å². The Labute approximate surface area is 122 Å². The Morgan fingerprint density at radius 2 is 2.10 bits per heavy atom. The van der Waals surface area contributed by atoms with Crippen molar-refractivity contribution < 1.29 is 9.18 Å². The van der Waals surface area contributed by atoms with Crippen molar-refractivity contribution in [3.8, 4) is 6.07 Å². The molecule has 1 fully saturated rings. The molecule has 1 saturated heterocycles. The first kappa shape index (κ1) is 14.9. The Hall–Kier alpha value is -1.54. The van der Waals surface area contributed by atoms with Gasteiger partial charge in [-0.2, -0.15) is 5.26 Å². The summed E-state index contributed by atoms with van der Waals surface area (Å²) in [6.45, 7) is 1.14. The molecule has 1 aliphatic heterocycles.